The standard InChI is InChI=1S/C34H48N6O9S/c1-8-33(4,5)38-32(44)36-27(20(3)47-6)30(42)40-18-23(49-29-25-12-9-22(48-7)15-21(25)13-14-35-29)16-26(40)28(41)37-34(17-19(34)2)31(43)39-50(45,46)24-10-11-24/h9,12-15,19-20,23-24,26-27H,8,10-11,16-18H2,1-7H3,(H,37,41)(H,39,43)(H2,36,38,44)/t19-,20+,23-,26+,27+,34-/m1/s1. The van der Waals surface area contributed by atoms with Gasteiger partial charge >= 0.3 is 6.03 Å². The summed E-state index contributed by atoms with van der Waals surface area (Å²) < 4.78 is 44.5. The van der Waals surface area contributed by atoms with Crippen molar-refractivity contribution in [1.29, 1.82) is 0 Å². The number of hydrogen-bond acceptors (Lipinski definition) is 10. The maximum atomic E-state index is 14.3. The topological polar surface area (TPSA) is 194 Å². The van der Waals surface area contributed by atoms with Crippen molar-refractivity contribution in [2.75, 3.05) is 20.8 Å². The monoisotopic (exact) mass is 716 g/mol. The Morgan fingerprint density at radius 3 is 2.44 bits per heavy atom. The highest BCUT2D eigenvalue weighted by molar-refractivity contribution is 7.91. The van der Waals surface area contributed by atoms with Gasteiger partial charge in [0.15, 0.2) is 0 Å². The molecule has 0 spiro atoms. The Balaban J connectivity index is 1.42. The summed E-state index contributed by atoms with van der Waals surface area (Å²) in [4.78, 5) is 60.6. The number of methoxy groups -OCH3 is 2. The van der Waals surface area contributed by atoms with Crippen LogP contribution in [0.4, 0.5) is 4.79 Å². The molecule has 0 radical (unpaired) electrons. The van der Waals surface area contributed by atoms with Crippen LogP contribution in [0.1, 0.15) is 66.7 Å². The molecule has 16 heteroatoms. The lowest BCUT2D eigenvalue weighted by atomic mass is 10.0. The highest BCUT2D eigenvalue weighted by Crippen LogP contribution is 2.44. The zero-order valence-corrected chi connectivity index (χ0v) is 30.4. The number of aromatic nitrogens is 1. The predicted molar refractivity (Wildman–Crippen MR) is 184 cm³/mol. The normalized spacial score (nSPS) is 24.5. The molecule has 3 aliphatic rings. The molecule has 6 atom stereocenters. The van der Waals surface area contributed by atoms with Crippen molar-refractivity contribution in [2.24, 2.45) is 5.92 Å². The first-order valence-corrected chi connectivity index (χ1v) is 18.5. The molecule has 1 saturated heterocycles. The first-order valence-electron chi connectivity index (χ1n) is 16.9. The number of fused-ring (bicyclic) bond motifs is 1. The van der Waals surface area contributed by atoms with Gasteiger partial charge in [-0.25, -0.2) is 18.2 Å². The van der Waals surface area contributed by atoms with E-state index in [-0.39, 0.29) is 25.3 Å². The lowest BCUT2D eigenvalue weighted by Gasteiger charge is -2.33. The maximum Gasteiger partial charge on any atom is 0.315 e. The van der Waals surface area contributed by atoms with Gasteiger partial charge in [0, 0.05) is 30.7 Å². The number of ether oxygens (including phenoxy) is 3. The Kier molecular flexibility index (Phi) is 10.5. The van der Waals surface area contributed by atoms with Crippen LogP contribution in [0.3, 0.4) is 0 Å². The molecule has 2 aromatic rings. The fourth-order valence-electron chi connectivity index (χ4n) is 6.11. The fourth-order valence-corrected chi connectivity index (χ4v) is 7.47. The van der Waals surface area contributed by atoms with E-state index in [4.69, 9.17) is 14.2 Å². The minimum Gasteiger partial charge on any atom is -0.497 e. The molecule has 50 heavy (non-hydrogen) atoms. The number of sulfonamides is 1. The summed E-state index contributed by atoms with van der Waals surface area (Å²) in [6, 6.07) is 4.32. The predicted octanol–water partition coefficient (Wildman–Crippen LogP) is 1.99. The van der Waals surface area contributed by atoms with Gasteiger partial charge in [0.1, 0.15) is 29.5 Å². The van der Waals surface area contributed by atoms with Crippen LogP contribution in [0.2, 0.25) is 0 Å². The number of urea groups is 1. The quantitative estimate of drug-likeness (QED) is 0.225. The second kappa shape index (κ2) is 14.2. The SMILES string of the molecule is CCC(C)(C)NC(=O)N[C@H](C(=O)N1C[C@H](Oc2nccc3cc(OC)ccc23)C[C@H]1C(=O)N[C@]1(C(=O)NS(=O)(=O)C2CC2)C[C@H]1C)[C@H](C)OC. The van der Waals surface area contributed by atoms with E-state index in [1.165, 1.54) is 12.0 Å². The summed E-state index contributed by atoms with van der Waals surface area (Å²) >= 11 is 0. The molecule has 1 aromatic carbocycles. The van der Waals surface area contributed by atoms with Crippen molar-refractivity contribution >= 4 is 44.5 Å². The van der Waals surface area contributed by atoms with Gasteiger partial charge in [0.05, 0.1) is 25.0 Å². The number of benzene rings is 1. The van der Waals surface area contributed by atoms with E-state index < -0.39 is 74.4 Å². The summed E-state index contributed by atoms with van der Waals surface area (Å²) in [6.45, 7) is 8.95. The number of rotatable bonds is 14. The zero-order chi connectivity index (χ0) is 36.6. The van der Waals surface area contributed by atoms with Crippen LogP contribution < -0.4 is 30.1 Å². The van der Waals surface area contributed by atoms with Gasteiger partial charge in [-0.1, -0.05) is 13.8 Å². The summed E-state index contributed by atoms with van der Waals surface area (Å²) in [5.74, 6) is -1.44. The molecule has 4 N–H and O–H groups in total. The number of carbonyl (C=O) groups is 4. The number of nitrogens with zero attached hydrogens (tertiary/aromatic N) is 2. The van der Waals surface area contributed by atoms with E-state index in [2.05, 4.69) is 25.7 Å². The van der Waals surface area contributed by atoms with Crippen LogP contribution in [0.25, 0.3) is 10.8 Å². The number of nitrogens with one attached hydrogen (secondary N) is 4. The van der Waals surface area contributed by atoms with Gasteiger partial charge in [0.25, 0.3) is 5.91 Å². The highest BCUT2D eigenvalue weighted by Gasteiger charge is 2.61. The molecule has 3 fully saturated rings. The van der Waals surface area contributed by atoms with E-state index in [9.17, 15) is 27.6 Å². The van der Waals surface area contributed by atoms with E-state index in [1.54, 1.807) is 33.2 Å². The van der Waals surface area contributed by atoms with Crippen LogP contribution >= 0.6 is 0 Å². The Morgan fingerprint density at radius 2 is 1.84 bits per heavy atom. The molecule has 1 aromatic heterocycles. The van der Waals surface area contributed by atoms with Crippen LogP contribution in [0.15, 0.2) is 30.5 Å². The molecule has 2 saturated carbocycles. The summed E-state index contributed by atoms with van der Waals surface area (Å²) in [5, 5.41) is 9.26. The van der Waals surface area contributed by atoms with Crippen LogP contribution in [-0.2, 0) is 29.1 Å². The fraction of sp³-hybridized carbons (Fsp3) is 0.618. The zero-order valence-electron chi connectivity index (χ0n) is 29.6. The molecule has 0 unspecified atom stereocenters. The van der Waals surface area contributed by atoms with E-state index in [0.717, 1.165) is 5.39 Å². The number of pyridine rings is 1. The summed E-state index contributed by atoms with van der Waals surface area (Å²) in [5.41, 5.74) is -2.01. The smallest absolute Gasteiger partial charge is 0.315 e. The summed E-state index contributed by atoms with van der Waals surface area (Å²) in [6.07, 6.45) is 1.93. The van der Waals surface area contributed by atoms with Gasteiger partial charge < -0.3 is 35.1 Å². The van der Waals surface area contributed by atoms with E-state index in [0.29, 0.717) is 36.3 Å². The van der Waals surface area contributed by atoms with Crippen LogP contribution in [0.5, 0.6) is 11.6 Å². The molecule has 274 valence electrons. The average molecular weight is 717 g/mol. The number of amides is 5. The minimum absolute atomic E-state index is 0.0292. The number of likely N-dealkylation sites (tertiary alicyclic amines) is 1. The second-order valence-electron chi connectivity index (χ2n) is 14.2. The minimum atomic E-state index is -3.86. The lowest BCUT2D eigenvalue weighted by Crippen LogP contribution is -2.61. The van der Waals surface area contributed by atoms with Crippen molar-refractivity contribution in [3.8, 4) is 11.6 Å². The molecule has 5 amide bonds. The molecule has 1 aliphatic heterocycles. The average Bonchev–Trinajstić information content (AvgIpc) is 3.99. The van der Waals surface area contributed by atoms with Crippen molar-refractivity contribution in [3.05, 3.63) is 30.5 Å². The third kappa shape index (κ3) is 7.90. The van der Waals surface area contributed by atoms with Crippen LogP contribution in [-0.4, -0.2) is 103 Å². The number of carbonyl (C=O) groups excluding carboxylic acids is 4. The largest absolute Gasteiger partial charge is 0.497 e. The first kappa shape index (κ1) is 37.1. The summed E-state index contributed by atoms with van der Waals surface area (Å²) in [7, 11) is -0.880. The third-order valence-corrected chi connectivity index (χ3v) is 11.9. The molecular formula is C34H48N6O9S. The highest BCUT2D eigenvalue weighted by atomic mass is 32.2. The number of hydrogen-bond donors (Lipinski definition) is 4. The third-order valence-electron chi connectivity index (χ3n) is 10.1. The van der Waals surface area contributed by atoms with Gasteiger partial charge in [-0.3, -0.25) is 19.1 Å². The second-order valence-corrected chi connectivity index (χ2v) is 16.1. The molecular weight excluding hydrogens is 668 g/mol. The maximum absolute atomic E-state index is 14.3. The van der Waals surface area contributed by atoms with Gasteiger partial charge in [-0.05, 0) is 82.0 Å². The Bertz CT molecular complexity index is 1750. The Morgan fingerprint density at radius 1 is 1.14 bits per heavy atom. The Hall–Kier alpha value is -4.18. The van der Waals surface area contributed by atoms with Crippen molar-refractivity contribution in [2.45, 2.75) is 107 Å². The van der Waals surface area contributed by atoms with Crippen molar-refractivity contribution < 1.29 is 41.8 Å². The van der Waals surface area contributed by atoms with E-state index in [1.807, 2.05) is 39.0 Å². The lowest BCUT2D eigenvalue weighted by molar-refractivity contribution is -0.143. The van der Waals surface area contributed by atoms with E-state index >= 15 is 0 Å². The van der Waals surface area contributed by atoms with Gasteiger partial charge in [-0.2, -0.15) is 0 Å². The molecule has 0 bridgehead atoms. The Labute approximate surface area is 292 Å². The van der Waals surface area contributed by atoms with Crippen molar-refractivity contribution in [1.82, 2.24) is 30.6 Å². The molecule has 2 aliphatic carbocycles. The first-order chi connectivity index (χ1) is 23.5. The van der Waals surface area contributed by atoms with Gasteiger partial charge in [0.2, 0.25) is 27.7 Å². The molecule has 2 heterocycles. The van der Waals surface area contributed by atoms with Crippen molar-refractivity contribution in [3.63, 3.8) is 0 Å². The molecule has 15 nitrogen and oxygen atoms in total. The van der Waals surface area contributed by atoms with Crippen LogP contribution in [0, 0.1) is 5.92 Å². The molecule has 5 rings (SSSR count). The van der Waals surface area contributed by atoms with Gasteiger partial charge in [-0.15, -0.1) is 0 Å².